The third-order valence-corrected chi connectivity index (χ3v) is 7.36. The summed E-state index contributed by atoms with van der Waals surface area (Å²) in [6, 6.07) is 18.9. The molecule has 0 spiro atoms. The lowest BCUT2D eigenvalue weighted by atomic mass is 10.1. The number of carbonyl (C=O) groups is 2. The van der Waals surface area contributed by atoms with Crippen LogP contribution < -0.4 is 5.43 Å². The molecule has 11 heteroatoms. The summed E-state index contributed by atoms with van der Waals surface area (Å²) in [5, 5.41) is 13.4. The summed E-state index contributed by atoms with van der Waals surface area (Å²) < 4.78 is 28.3. The Morgan fingerprint density at radius 2 is 1.68 bits per heavy atom. The maximum atomic E-state index is 13.3. The van der Waals surface area contributed by atoms with E-state index in [1.807, 2.05) is 0 Å². The monoisotopic (exact) mass is 563 g/mol. The molecule has 1 amide bonds. The molecule has 0 aliphatic carbocycles. The van der Waals surface area contributed by atoms with Crippen LogP contribution in [0, 0.1) is 0 Å². The van der Waals surface area contributed by atoms with Crippen LogP contribution in [0.1, 0.15) is 21.5 Å². The van der Waals surface area contributed by atoms with Crippen molar-refractivity contribution in [3.8, 4) is 0 Å². The molecule has 0 atom stereocenters. The number of rotatable bonds is 9. The number of aromatic carboxylic acids is 1. The molecule has 0 aromatic heterocycles. The minimum absolute atomic E-state index is 0.00874. The van der Waals surface area contributed by atoms with E-state index in [1.54, 1.807) is 48.5 Å². The Morgan fingerprint density at radius 1 is 1.03 bits per heavy atom. The zero-order valence-electron chi connectivity index (χ0n) is 17.6. The summed E-state index contributed by atoms with van der Waals surface area (Å²) in [6.07, 6.45) is 1.18. The van der Waals surface area contributed by atoms with E-state index in [1.165, 1.54) is 30.5 Å². The van der Waals surface area contributed by atoms with E-state index < -0.39 is 28.4 Å². The summed E-state index contributed by atoms with van der Waals surface area (Å²) in [6.45, 7) is -0.682. The molecule has 3 aromatic carbocycles. The number of nitrogens with zero attached hydrogens (tertiary/aromatic N) is 2. The zero-order chi connectivity index (χ0) is 24.7. The predicted octanol–water partition coefficient (Wildman–Crippen LogP) is 4.14. The standard InChI is InChI=1S/C23H19BrClN3O5S/c24-18-9-11-19(12-10-18)34(32,33)28(14-17-6-2-4-8-21(17)25)15-22(29)27-26-13-16-5-1-3-7-20(16)23(30)31/h1-13H,14-15H2,(H,27,29)(H,30,31)/b26-13+. The molecule has 34 heavy (non-hydrogen) atoms. The van der Waals surface area contributed by atoms with Gasteiger partial charge in [0.2, 0.25) is 10.0 Å². The van der Waals surface area contributed by atoms with Crippen molar-refractivity contribution in [2.24, 2.45) is 5.10 Å². The molecule has 0 unspecified atom stereocenters. The fraction of sp³-hybridized carbons (Fsp3) is 0.0870. The smallest absolute Gasteiger partial charge is 0.336 e. The van der Waals surface area contributed by atoms with Crippen LogP contribution in [-0.2, 0) is 21.4 Å². The lowest BCUT2D eigenvalue weighted by Crippen LogP contribution is -2.39. The first kappa shape index (κ1) is 25.6. The van der Waals surface area contributed by atoms with Crippen LogP contribution in [-0.4, -0.2) is 42.5 Å². The number of carboxylic acids is 1. The molecule has 0 aliphatic rings. The fourth-order valence-electron chi connectivity index (χ4n) is 2.97. The van der Waals surface area contributed by atoms with Gasteiger partial charge in [-0.3, -0.25) is 4.79 Å². The van der Waals surface area contributed by atoms with Gasteiger partial charge >= 0.3 is 5.97 Å². The highest BCUT2D eigenvalue weighted by Crippen LogP contribution is 2.23. The average molecular weight is 565 g/mol. The van der Waals surface area contributed by atoms with E-state index in [4.69, 9.17) is 11.6 Å². The van der Waals surface area contributed by atoms with Crippen LogP contribution in [0.15, 0.2) is 87.3 Å². The molecule has 0 fully saturated rings. The number of hydrogen-bond donors (Lipinski definition) is 2. The summed E-state index contributed by atoms with van der Waals surface area (Å²) in [7, 11) is -4.06. The maximum absolute atomic E-state index is 13.3. The minimum Gasteiger partial charge on any atom is -0.478 e. The van der Waals surface area contributed by atoms with Gasteiger partial charge in [-0.15, -0.1) is 0 Å². The second-order valence-electron chi connectivity index (χ2n) is 7.00. The van der Waals surface area contributed by atoms with Crippen molar-refractivity contribution in [2.45, 2.75) is 11.4 Å². The van der Waals surface area contributed by atoms with E-state index >= 15 is 0 Å². The number of hydrogen-bond acceptors (Lipinski definition) is 5. The Kier molecular flexibility index (Phi) is 8.56. The third-order valence-electron chi connectivity index (χ3n) is 4.66. The molecule has 2 N–H and O–H groups in total. The number of hydrazone groups is 1. The van der Waals surface area contributed by atoms with Crippen LogP contribution in [0.4, 0.5) is 0 Å². The maximum Gasteiger partial charge on any atom is 0.336 e. The van der Waals surface area contributed by atoms with Gasteiger partial charge in [-0.1, -0.05) is 63.9 Å². The molecule has 3 aromatic rings. The first-order valence-electron chi connectivity index (χ1n) is 9.82. The quantitative estimate of drug-likeness (QED) is 0.299. The summed E-state index contributed by atoms with van der Waals surface area (Å²) in [5.74, 6) is -1.85. The highest BCUT2D eigenvalue weighted by molar-refractivity contribution is 9.10. The molecule has 0 radical (unpaired) electrons. The average Bonchev–Trinajstić information content (AvgIpc) is 2.80. The molecule has 0 aliphatic heterocycles. The van der Waals surface area contributed by atoms with Gasteiger partial charge in [0.25, 0.3) is 5.91 Å². The molecular formula is C23H19BrClN3O5S. The summed E-state index contributed by atoms with van der Waals surface area (Å²) >= 11 is 9.49. The highest BCUT2D eigenvalue weighted by Gasteiger charge is 2.27. The number of carbonyl (C=O) groups excluding carboxylic acids is 1. The van der Waals surface area contributed by atoms with Crippen LogP contribution in [0.5, 0.6) is 0 Å². The largest absolute Gasteiger partial charge is 0.478 e. The van der Waals surface area contributed by atoms with Crippen molar-refractivity contribution in [1.82, 2.24) is 9.73 Å². The third kappa shape index (κ3) is 6.51. The summed E-state index contributed by atoms with van der Waals surface area (Å²) in [4.78, 5) is 23.9. The van der Waals surface area contributed by atoms with Gasteiger partial charge < -0.3 is 5.11 Å². The molecule has 3 rings (SSSR count). The van der Waals surface area contributed by atoms with Crippen molar-refractivity contribution < 1.29 is 23.1 Å². The molecule has 176 valence electrons. The van der Waals surface area contributed by atoms with Gasteiger partial charge in [0.05, 0.1) is 23.2 Å². The Morgan fingerprint density at radius 3 is 2.35 bits per heavy atom. The first-order valence-corrected chi connectivity index (χ1v) is 12.4. The number of amides is 1. The van der Waals surface area contributed by atoms with Crippen LogP contribution in [0.2, 0.25) is 5.02 Å². The lowest BCUT2D eigenvalue weighted by Gasteiger charge is -2.22. The topological polar surface area (TPSA) is 116 Å². The Bertz CT molecular complexity index is 1330. The molecule has 0 saturated heterocycles. The second kappa shape index (κ2) is 11.4. The first-order chi connectivity index (χ1) is 16.2. The predicted molar refractivity (Wildman–Crippen MR) is 132 cm³/mol. The van der Waals surface area contributed by atoms with Gasteiger partial charge in [0, 0.05) is 21.6 Å². The number of nitrogens with one attached hydrogen (secondary N) is 1. The van der Waals surface area contributed by atoms with E-state index in [2.05, 4.69) is 26.5 Å². The van der Waals surface area contributed by atoms with Crippen LogP contribution >= 0.6 is 27.5 Å². The van der Waals surface area contributed by atoms with E-state index in [9.17, 15) is 23.1 Å². The highest BCUT2D eigenvalue weighted by atomic mass is 79.9. The van der Waals surface area contributed by atoms with Crippen molar-refractivity contribution in [3.63, 3.8) is 0 Å². The molecular weight excluding hydrogens is 546 g/mol. The van der Waals surface area contributed by atoms with E-state index in [0.717, 1.165) is 4.31 Å². The van der Waals surface area contributed by atoms with Crippen LogP contribution in [0.25, 0.3) is 0 Å². The normalized spacial score (nSPS) is 11.6. The lowest BCUT2D eigenvalue weighted by molar-refractivity contribution is -0.121. The number of carboxylic acid groups (broad SMARTS) is 1. The SMILES string of the molecule is O=C(CN(Cc1ccccc1Cl)S(=O)(=O)c1ccc(Br)cc1)N/N=C/c1ccccc1C(=O)O. The summed E-state index contributed by atoms with van der Waals surface area (Å²) in [5.41, 5.74) is 3.07. The molecule has 0 bridgehead atoms. The van der Waals surface area contributed by atoms with Crippen molar-refractivity contribution in [2.75, 3.05) is 6.54 Å². The molecule has 0 heterocycles. The van der Waals surface area contributed by atoms with Crippen molar-refractivity contribution in [1.29, 1.82) is 0 Å². The zero-order valence-corrected chi connectivity index (χ0v) is 20.7. The van der Waals surface area contributed by atoms with Gasteiger partial charge in [0.15, 0.2) is 0 Å². The number of halogens is 2. The Balaban J connectivity index is 1.82. The van der Waals surface area contributed by atoms with Gasteiger partial charge in [-0.05, 0) is 42.0 Å². The Hall–Kier alpha value is -3.05. The Labute approximate surface area is 210 Å². The minimum atomic E-state index is -4.06. The molecule has 0 saturated carbocycles. The van der Waals surface area contributed by atoms with E-state index in [-0.39, 0.29) is 22.6 Å². The van der Waals surface area contributed by atoms with Gasteiger partial charge in [-0.25, -0.2) is 18.6 Å². The number of benzene rings is 3. The van der Waals surface area contributed by atoms with Crippen LogP contribution in [0.3, 0.4) is 0 Å². The van der Waals surface area contributed by atoms with Gasteiger partial charge in [-0.2, -0.15) is 9.41 Å². The van der Waals surface area contributed by atoms with Crippen molar-refractivity contribution in [3.05, 3.63) is 99.0 Å². The van der Waals surface area contributed by atoms with Crippen molar-refractivity contribution >= 4 is 55.6 Å². The number of sulfonamides is 1. The fourth-order valence-corrected chi connectivity index (χ4v) is 4.81. The van der Waals surface area contributed by atoms with E-state index in [0.29, 0.717) is 15.1 Å². The molecule has 8 nitrogen and oxygen atoms in total. The van der Waals surface area contributed by atoms with Gasteiger partial charge in [0.1, 0.15) is 0 Å². The second-order valence-corrected chi connectivity index (χ2v) is 10.3.